The number of hydrogen-bond acceptors (Lipinski definition) is 5. The Bertz CT molecular complexity index is 798. The van der Waals surface area contributed by atoms with Crippen LogP contribution in [0.2, 0.25) is 0 Å². The third-order valence-electron chi connectivity index (χ3n) is 4.95. The molecule has 8 heteroatoms. The quantitative estimate of drug-likeness (QED) is 0.717. The van der Waals surface area contributed by atoms with Crippen molar-refractivity contribution in [2.24, 2.45) is 0 Å². The summed E-state index contributed by atoms with van der Waals surface area (Å²) in [6.45, 7) is 8.47. The molecule has 0 saturated carbocycles. The molecule has 0 aromatic heterocycles. The van der Waals surface area contributed by atoms with Gasteiger partial charge in [0.2, 0.25) is 0 Å². The molecule has 0 spiro atoms. The fourth-order valence-corrected chi connectivity index (χ4v) is 3.71. The van der Waals surface area contributed by atoms with E-state index >= 15 is 0 Å². The van der Waals surface area contributed by atoms with Crippen LogP contribution < -0.4 is 0 Å². The second kappa shape index (κ2) is 7.40. The lowest BCUT2D eigenvalue weighted by Gasteiger charge is -2.35. The minimum Gasteiger partial charge on any atom is -0.444 e. The number of carbonyl (C=O) groups is 3. The number of ether oxygens (including phenoxy) is 2. The van der Waals surface area contributed by atoms with E-state index in [0.29, 0.717) is 0 Å². The topological polar surface area (TPSA) is 76.2 Å². The molecule has 0 N–H and O–H groups in total. The van der Waals surface area contributed by atoms with Gasteiger partial charge in [-0.15, -0.1) is 0 Å². The van der Waals surface area contributed by atoms with E-state index in [0.717, 1.165) is 4.90 Å². The number of carbonyl (C=O) groups excluding carboxylic acids is 3. The molecule has 7 nitrogen and oxygen atoms in total. The Morgan fingerprint density at radius 2 is 1.79 bits per heavy atom. The lowest BCUT2D eigenvalue weighted by molar-refractivity contribution is -0.0633. The van der Waals surface area contributed by atoms with Crippen LogP contribution in [0.25, 0.3) is 0 Å². The lowest BCUT2D eigenvalue weighted by Crippen LogP contribution is -2.50. The summed E-state index contributed by atoms with van der Waals surface area (Å²) in [5.41, 5.74) is -1.08. The zero-order valence-corrected chi connectivity index (χ0v) is 17.4. The molecule has 0 bridgehead atoms. The predicted octanol–water partition coefficient (Wildman–Crippen LogP) is 3.38. The van der Waals surface area contributed by atoms with Crippen LogP contribution in [-0.4, -0.2) is 64.4 Å². The van der Waals surface area contributed by atoms with Gasteiger partial charge < -0.3 is 9.47 Å². The second-order valence-electron chi connectivity index (χ2n) is 8.86. The SMILES string of the molecule is CC(C)(C)OC(=O)N1[C@H](CC(F)CN2C(=O)c3ccccc3C2=O)COC1(C)C. The average molecular weight is 406 g/mol. The van der Waals surface area contributed by atoms with Crippen LogP contribution in [0, 0.1) is 0 Å². The summed E-state index contributed by atoms with van der Waals surface area (Å²) in [6, 6.07) is 5.87. The van der Waals surface area contributed by atoms with Crippen LogP contribution in [0.15, 0.2) is 24.3 Å². The van der Waals surface area contributed by atoms with Crippen LogP contribution in [0.3, 0.4) is 0 Å². The van der Waals surface area contributed by atoms with Gasteiger partial charge in [-0.1, -0.05) is 12.1 Å². The second-order valence-corrected chi connectivity index (χ2v) is 8.86. The number of fused-ring (bicyclic) bond motifs is 1. The van der Waals surface area contributed by atoms with Gasteiger partial charge >= 0.3 is 6.09 Å². The molecule has 1 unspecified atom stereocenters. The first kappa shape index (κ1) is 21.2. The minimum atomic E-state index is -1.51. The van der Waals surface area contributed by atoms with Crippen LogP contribution in [0.1, 0.15) is 61.8 Å². The van der Waals surface area contributed by atoms with E-state index in [2.05, 4.69) is 0 Å². The molecule has 3 rings (SSSR count). The molecule has 0 aliphatic carbocycles. The summed E-state index contributed by atoms with van der Waals surface area (Å²) in [7, 11) is 0. The standard InChI is InChI=1S/C21H27FN2O5/c1-20(2,3)29-19(27)24-14(12-28-21(24,4)5)10-13(22)11-23-17(25)15-8-6-7-9-16(15)18(23)26/h6-9,13-14H,10-12H2,1-5H3/t13?,14-/m1/s1. The first-order valence-electron chi connectivity index (χ1n) is 9.66. The van der Waals surface area contributed by atoms with Gasteiger partial charge in [-0.2, -0.15) is 0 Å². The molecule has 2 aliphatic heterocycles. The summed E-state index contributed by atoms with van der Waals surface area (Å²) in [4.78, 5) is 39.9. The normalized spacial score (nSPS) is 22.1. The Morgan fingerprint density at radius 1 is 1.24 bits per heavy atom. The zero-order valence-electron chi connectivity index (χ0n) is 17.4. The third kappa shape index (κ3) is 4.27. The van der Waals surface area contributed by atoms with Crippen molar-refractivity contribution in [2.75, 3.05) is 13.2 Å². The van der Waals surface area contributed by atoms with E-state index in [-0.39, 0.29) is 30.7 Å². The van der Waals surface area contributed by atoms with E-state index in [4.69, 9.17) is 9.47 Å². The van der Waals surface area contributed by atoms with E-state index in [1.165, 1.54) is 4.90 Å². The van der Waals surface area contributed by atoms with Crippen molar-refractivity contribution < 1.29 is 28.2 Å². The number of nitrogens with zero attached hydrogens (tertiary/aromatic N) is 2. The Morgan fingerprint density at radius 3 is 2.31 bits per heavy atom. The first-order valence-corrected chi connectivity index (χ1v) is 9.66. The smallest absolute Gasteiger partial charge is 0.412 e. The highest BCUT2D eigenvalue weighted by molar-refractivity contribution is 6.21. The van der Waals surface area contributed by atoms with Crippen molar-refractivity contribution in [1.29, 1.82) is 0 Å². The van der Waals surface area contributed by atoms with Crippen molar-refractivity contribution in [3.8, 4) is 0 Å². The van der Waals surface area contributed by atoms with E-state index in [1.807, 2.05) is 0 Å². The van der Waals surface area contributed by atoms with Gasteiger partial charge in [-0.3, -0.25) is 19.4 Å². The first-order chi connectivity index (χ1) is 13.4. The van der Waals surface area contributed by atoms with Crippen molar-refractivity contribution in [3.05, 3.63) is 35.4 Å². The largest absolute Gasteiger partial charge is 0.444 e. The van der Waals surface area contributed by atoms with Gasteiger partial charge in [0, 0.05) is 6.42 Å². The van der Waals surface area contributed by atoms with Crippen molar-refractivity contribution in [3.63, 3.8) is 0 Å². The van der Waals surface area contributed by atoms with Gasteiger partial charge in [-0.25, -0.2) is 9.18 Å². The highest BCUT2D eigenvalue weighted by Gasteiger charge is 2.47. The molecular weight excluding hydrogens is 379 g/mol. The highest BCUT2D eigenvalue weighted by atomic mass is 19.1. The third-order valence-corrected chi connectivity index (χ3v) is 4.95. The number of benzene rings is 1. The van der Waals surface area contributed by atoms with E-state index < -0.39 is 41.4 Å². The van der Waals surface area contributed by atoms with Crippen LogP contribution >= 0.6 is 0 Å². The molecule has 1 fully saturated rings. The highest BCUT2D eigenvalue weighted by Crippen LogP contribution is 2.32. The molecule has 2 atom stereocenters. The molecule has 3 amide bonds. The summed E-state index contributed by atoms with van der Waals surface area (Å²) in [5.74, 6) is -1.000. The number of rotatable bonds is 4. The van der Waals surface area contributed by atoms with Gasteiger partial charge in [0.05, 0.1) is 30.3 Å². The molecule has 2 heterocycles. The molecule has 0 radical (unpaired) electrons. The van der Waals surface area contributed by atoms with Crippen LogP contribution in [-0.2, 0) is 9.47 Å². The maximum atomic E-state index is 14.9. The molecule has 2 aliphatic rings. The number of alkyl halides is 1. The number of hydrogen-bond donors (Lipinski definition) is 0. The number of imide groups is 1. The fraction of sp³-hybridized carbons (Fsp3) is 0.571. The van der Waals surface area contributed by atoms with Crippen molar-refractivity contribution in [1.82, 2.24) is 9.80 Å². The monoisotopic (exact) mass is 406 g/mol. The van der Waals surface area contributed by atoms with E-state index in [1.54, 1.807) is 58.9 Å². The minimum absolute atomic E-state index is 0.0733. The Labute approximate surface area is 169 Å². The Hall–Kier alpha value is -2.48. The van der Waals surface area contributed by atoms with Crippen molar-refractivity contribution >= 4 is 17.9 Å². The van der Waals surface area contributed by atoms with Crippen molar-refractivity contribution in [2.45, 2.75) is 64.6 Å². The maximum Gasteiger partial charge on any atom is 0.412 e. The predicted molar refractivity (Wildman–Crippen MR) is 103 cm³/mol. The summed E-state index contributed by atoms with van der Waals surface area (Å²) in [5, 5.41) is 0. The number of halogens is 1. The number of amides is 3. The summed E-state index contributed by atoms with van der Waals surface area (Å²) < 4.78 is 26.0. The average Bonchev–Trinajstić information content (AvgIpc) is 3.02. The molecule has 1 aromatic rings. The molecular formula is C21H27FN2O5. The Kier molecular flexibility index (Phi) is 5.42. The summed E-state index contributed by atoms with van der Waals surface area (Å²) in [6.07, 6.45) is -2.17. The van der Waals surface area contributed by atoms with Gasteiger partial charge in [0.15, 0.2) is 0 Å². The lowest BCUT2D eigenvalue weighted by atomic mass is 10.1. The molecule has 158 valence electrons. The van der Waals surface area contributed by atoms with E-state index in [9.17, 15) is 18.8 Å². The van der Waals surface area contributed by atoms with Crippen LogP contribution in [0.5, 0.6) is 0 Å². The molecule has 1 aromatic carbocycles. The fourth-order valence-electron chi connectivity index (χ4n) is 3.71. The Balaban J connectivity index is 1.68. The molecule has 29 heavy (non-hydrogen) atoms. The van der Waals surface area contributed by atoms with Crippen LogP contribution in [0.4, 0.5) is 9.18 Å². The zero-order chi connectivity index (χ0) is 21.6. The van der Waals surface area contributed by atoms with Gasteiger partial charge in [0.25, 0.3) is 11.8 Å². The van der Waals surface area contributed by atoms with Gasteiger partial charge in [-0.05, 0) is 46.8 Å². The summed E-state index contributed by atoms with van der Waals surface area (Å²) >= 11 is 0. The maximum absolute atomic E-state index is 14.9. The molecule has 1 saturated heterocycles. The van der Waals surface area contributed by atoms with Gasteiger partial charge in [0.1, 0.15) is 17.5 Å².